The first-order valence-electron chi connectivity index (χ1n) is 6.27. The van der Waals surface area contributed by atoms with Crippen LogP contribution in [0.5, 0.6) is 0 Å². The van der Waals surface area contributed by atoms with Gasteiger partial charge in [-0.05, 0) is 38.7 Å². The van der Waals surface area contributed by atoms with Crippen LogP contribution in [0.2, 0.25) is 0 Å². The molecule has 4 N–H and O–H groups in total. The van der Waals surface area contributed by atoms with E-state index in [1.54, 1.807) is 7.11 Å². The Morgan fingerprint density at radius 1 is 1.47 bits per heavy atom. The maximum atomic E-state index is 12.1. The third kappa shape index (κ3) is 4.68. The Morgan fingerprint density at radius 3 is 2.74 bits per heavy atom. The number of rotatable bonds is 7. The zero-order chi connectivity index (χ0) is 14.4. The van der Waals surface area contributed by atoms with E-state index < -0.39 is 0 Å². The van der Waals surface area contributed by atoms with E-state index in [-0.39, 0.29) is 23.8 Å². The van der Waals surface area contributed by atoms with Crippen LogP contribution in [0, 0.1) is 0 Å². The molecule has 0 saturated carbocycles. The lowest BCUT2D eigenvalue weighted by Crippen LogP contribution is -2.31. The summed E-state index contributed by atoms with van der Waals surface area (Å²) in [5.74, 6) is 0.0762. The summed E-state index contributed by atoms with van der Waals surface area (Å²) >= 11 is 1.21. The molecule has 0 aliphatic rings. The number of nitrogen functional groups attached to an aromatic ring is 1. The highest BCUT2D eigenvalue weighted by Crippen LogP contribution is 2.27. The Labute approximate surface area is 117 Å². The van der Waals surface area contributed by atoms with Gasteiger partial charge < -0.3 is 21.1 Å². The first-order valence-corrected chi connectivity index (χ1v) is 7.04. The number of nitrogens with two attached hydrogens (primary N) is 1. The number of amides is 1. The Kier molecular flexibility index (Phi) is 6.04. The van der Waals surface area contributed by atoms with Gasteiger partial charge in [-0.15, -0.1) is 0 Å². The molecule has 0 bridgehead atoms. The molecular weight excluding hydrogens is 264 g/mol. The van der Waals surface area contributed by atoms with Crippen LogP contribution < -0.4 is 16.4 Å². The van der Waals surface area contributed by atoms with Crippen molar-refractivity contribution < 1.29 is 9.53 Å². The van der Waals surface area contributed by atoms with Gasteiger partial charge in [-0.1, -0.05) is 0 Å². The molecular formula is C12H22N4O2S. The van der Waals surface area contributed by atoms with Crippen molar-refractivity contribution in [2.45, 2.75) is 39.3 Å². The van der Waals surface area contributed by atoms with Crippen LogP contribution in [0.25, 0.3) is 0 Å². The fourth-order valence-electron chi connectivity index (χ4n) is 1.55. The highest BCUT2D eigenvalue weighted by Gasteiger charge is 2.20. The minimum absolute atomic E-state index is 0.0607. The number of nitrogens with one attached hydrogen (secondary N) is 2. The molecule has 0 spiro atoms. The van der Waals surface area contributed by atoms with Crippen molar-refractivity contribution in [3.05, 3.63) is 5.56 Å². The van der Waals surface area contributed by atoms with Crippen LogP contribution >= 0.6 is 11.5 Å². The lowest BCUT2D eigenvalue weighted by molar-refractivity contribution is 0.0945. The third-order valence-electron chi connectivity index (χ3n) is 2.50. The van der Waals surface area contributed by atoms with Crippen LogP contribution in [0.15, 0.2) is 0 Å². The lowest BCUT2D eigenvalue weighted by atomic mass is 10.2. The monoisotopic (exact) mass is 286 g/mol. The van der Waals surface area contributed by atoms with Crippen LogP contribution in [-0.2, 0) is 4.74 Å². The van der Waals surface area contributed by atoms with Crippen molar-refractivity contribution in [1.82, 2.24) is 9.69 Å². The molecule has 0 radical (unpaired) electrons. The van der Waals surface area contributed by atoms with E-state index in [1.165, 1.54) is 11.5 Å². The molecule has 1 rings (SSSR count). The number of methoxy groups -OCH3 is 1. The summed E-state index contributed by atoms with van der Waals surface area (Å²) in [6.45, 7) is 6.50. The zero-order valence-electron chi connectivity index (χ0n) is 11.8. The largest absolute Gasteiger partial charge is 0.385 e. The second-order valence-corrected chi connectivity index (χ2v) is 5.50. The molecule has 7 heteroatoms. The summed E-state index contributed by atoms with van der Waals surface area (Å²) in [5, 5.41) is 6.79. The third-order valence-corrected chi connectivity index (χ3v) is 3.29. The van der Waals surface area contributed by atoms with Crippen molar-refractivity contribution in [2.75, 3.05) is 24.8 Å². The molecule has 0 saturated heterocycles. The molecule has 1 atom stereocenters. The average Bonchev–Trinajstić information content (AvgIpc) is 2.67. The molecule has 1 unspecified atom stereocenters. The van der Waals surface area contributed by atoms with Crippen molar-refractivity contribution in [3.8, 4) is 0 Å². The fourth-order valence-corrected chi connectivity index (χ4v) is 2.37. The number of aromatic nitrogens is 1. The van der Waals surface area contributed by atoms with Gasteiger partial charge in [0.2, 0.25) is 0 Å². The number of ether oxygens (including phenoxy) is 1. The second-order valence-electron chi connectivity index (χ2n) is 4.73. The second kappa shape index (κ2) is 7.30. The molecule has 0 aromatic carbocycles. The van der Waals surface area contributed by atoms with E-state index in [1.807, 2.05) is 20.8 Å². The number of hydrogen-bond acceptors (Lipinski definition) is 6. The standard InChI is InChI=1S/C12H22N4O2S/c1-7(2)14-11(17)9-10(13)16-19-12(9)15-8(3)5-6-18-4/h7-8,15H,5-6H2,1-4H3,(H2,13,16)(H,14,17). The Hall–Kier alpha value is -1.34. The van der Waals surface area contributed by atoms with Gasteiger partial charge in [0.1, 0.15) is 10.6 Å². The number of carbonyl (C=O) groups excluding carboxylic acids is 1. The molecule has 0 aliphatic carbocycles. The van der Waals surface area contributed by atoms with E-state index in [2.05, 4.69) is 15.0 Å². The van der Waals surface area contributed by atoms with E-state index in [4.69, 9.17) is 10.5 Å². The van der Waals surface area contributed by atoms with Gasteiger partial charge in [-0.25, -0.2) is 0 Å². The van der Waals surface area contributed by atoms with E-state index in [0.29, 0.717) is 17.2 Å². The Balaban J connectivity index is 2.76. The van der Waals surface area contributed by atoms with Gasteiger partial charge in [-0.2, -0.15) is 4.37 Å². The van der Waals surface area contributed by atoms with Crippen LogP contribution in [0.3, 0.4) is 0 Å². The van der Waals surface area contributed by atoms with Crippen molar-refractivity contribution in [2.24, 2.45) is 0 Å². The number of hydrogen-bond donors (Lipinski definition) is 3. The molecule has 1 aromatic heterocycles. The number of carbonyl (C=O) groups is 1. The normalized spacial score (nSPS) is 12.5. The summed E-state index contributed by atoms with van der Waals surface area (Å²) in [6, 6.07) is 0.246. The van der Waals surface area contributed by atoms with Gasteiger partial charge in [0.05, 0.1) is 0 Å². The van der Waals surface area contributed by atoms with Gasteiger partial charge in [-0.3, -0.25) is 4.79 Å². The quantitative estimate of drug-likeness (QED) is 0.710. The van der Waals surface area contributed by atoms with Gasteiger partial charge in [0.15, 0.2) is 5.82 Å². The van der Waals surface area contributed by atoms with Gasteiger partial charge in [0.25, 0.3) is 5.91 Å². The summed E-state index contributed by atoms with van der Waals surface area (Å²) in [7, 11) is 1.67. The summed E-state index contributed by atoms with van der Waals surface area (Å²) in [5.41, 5.74) is 6.20. The summed E-state index contributed by atoms with van der Waals surface area (Å²) in [4.78, 5) is 12.1. The molecule has 1 aromatic rings. The topological polar surface area (TPSA) is 89.3 Å². The summed E-state index contributed by atoms with van der Waals surface area (Å²) in [6.07, 6.45) is 0.847. The maximum Gasteiger partial charge on any atom is 0.258 e. The molecule has 19 heavy (non-hydrogen) atoms. The minimum atomic E-state index is -0.192. The highest BCUT2D eigenvalue weighted by atomic mass is 32.1. The van der Waals surface area contributed by atoms with Crippen molar-refractivity contribution in [1.29, 1.82) is 0 Å². The summed E-state index contributed by atoms with van der Waals surface area (Å²) < 4.78 is 9.07. The smallest absolute Gasteiger partial charge is 0.258 e. The number of nitrogens with zero attached hydrogens (tertiary/aromatic N) is 1. The van der Waals surface area contributed by atoms with Gasteiger partial charge >= 0.3 is 0 Å². The predicted octanol–water partition coefficient (Wildman–Crippen LogP) is 1.70. The van der Waals surface area contributed by atoms with Crippen molar-refractivity contribution >= 4 is 28.3 Å². The fraction of sp³-hybridized carbons (Fsp3) is 0.667. The molecule has 0 aliphatic heterocycles. The molecule has 1 heterocycles. The molecule has 0 fully saturated rings. The van der Waals surface area contributed by atoms with Crippen LogP contribution in [0.1, 0.15) is 37.6 Å². The molecule has 108 valence electrons. The Morgan fingerprint density at radius 2 is 2.16 bits per heavy atom. The zero-order valence-corrected chi connectivity index (χ0v) is 12.6. The van der Waals surface area contributed by atoms with E-state index in [0.717, 1.165) is 6.42 Å². The lowest BCUT2D eigenvalue weighted by Gasteiger charge is -2.15. The average molecular weight is 286 g/mol. The predicted molar refractivity (Wildman–Crippen MR) is 78.7 cm³/mol. The Bertz CT molecular complexity index is 420. The minimum Gasteiger partial charge on any atom is -0.385 e. The van der Waals surface area contributed by atoms with Crippen LogP contribution in [0.4, 0.5) is 10.8 Å². The van der Waals surface area contributed by atoms with Gasteiger partial charge in [0, 0.05) is 25.8 Å². The van der Waals surface area contributed by atoms with Crippen LogP contribution in [-0.4, -0.2) is 36.1 Å². The number of anilines is 2. The highest BCUT2D eigenvalue weighted by molar-refractivity contribution is 7.11. The van der Waals surface area contributed by atoms with E-state index in [9.17, 15) is 4.79 Å². The first-order chi connectivity index (χ1) is 8.95. The molecule has 6 nitrogen and oxygen atoms in total. The maximum absolute atomic E-state index is 12.1. The molecule has 1 amide bonds. The van der Waals surface area contributed by atoms with Crippen molar-refractivity contribution in [3.63, 3.8) is 0 Å². The first kappa shape index (κ1) is 15.7. The van der Waals surface area contributed by atoms with E-state index >= 15 is 0 Å². The SMILES string of the molecule is COCCC(C)Nc1snc(N)c1C(=O)NC(C)C.